The predicted molar refractivity (Wildman–Crippen MR) is 92.7 cm³/mol. The summed E-state index contributed by atoms with van der Waals surface area (Å²) in [6.45, 7) is 1.74. The lowest BCUT2D eigenvalue weighted by atomic mass is 9.99. The first kappa shape index (κ1) is 15.5. The molecule has 0 saturated heterocycles. The topological polar surface area (TPSA) is 50.7 Å². The third-order valence-corrected chi connectivity index (χ3v) is 4.16. The lowest BCUT2D eigenvalue weighted by Gasteiger charge is -2.15. The molecule has 4 heteroatoms. The Kier molecular flexibility index (Phi) is 4.91. The summed E-state index contributed by atoms with van der Waals surface area (Å²) in [7, 11) is 0. The summed E-state index contributed by atoms with van der Waals surface area (Å²) in [5.41, 5.74) is 3.72. The molecule has 1 saturated carbocycles. The average Bonchev–Trinajstić information content (AvgIpc) is 2.60. The van der Waals surface area contributed by atoms with Gasteiger partial charge in [-0.25, -0.2) is 5.43 Å². The highest BCUT2D eigenvalue weighted by molar-refractivity contribution is 5.88. The molecule has 1 aliphatic carbocycles. The minimum atomic E-state index is -0.580. The van der Waals surface area contributed by atoms with Crippen molar-refractivity contribution >= 4 is 22.4 Å². The summed E-state index contributed by atoms with van der Waals surface area (Å²) in [5, 5.41) is 6.48. The lowest BCUT2D eigenvalue weighted by Crippen LogP contribution is -2.34. The zero-order valence-corrected chi connectivity index (χ0v) is 13.4. The van der Waals surface area contributed by atoms with Crippen molar-refractivity contribution in [1.29, 1.82) is 0 Å². The van der Waals surface area contributed by atoms with Gasteiger partial charge in [-0.05, 0) is 55.5 Å². The number of benzene rings is 2. The average molecular weight is 310 g/mol. The Bertz CT molecular complexity index is 716. The number of fused-ring (bicyclic) bond motifs is 1. The summed E-state index contributed by atoms with van der Waals surface area (Å²) >= 11 is 0. The molecule has 0 unspecified atom stereocenters. The van der Waals surface area contributed by atoms with Crippen LogP contribution in [0.1, 0.15) is 39.0 Å². The SMILES string of the molecule is C[C@@H](Oc1ccc2ccccc2c1)C(=O)NN=C1CCCCC1. The second kappa shape index (κ2) is 7.27. The largest absolute Gasteiger partial charge is 0.481 e. The number of amides is 1. The predicted octanol–water partition coefficient (Wildman–Crippen LogP) is 4.04. The zero-order valence-electron chi connectivity index (χ0n) is 13.4. The number of carbonyl (C=O) groups excluding carboxylic acids is 1. The highest BCUT2D eigenvalue weighted by Crippen LogP contribution is 2.21. The Balaban J connectivity index is 1.60. The van der Waals surface area contributed by atoms with Crippen LogP contribution >= 0.6 is 0 Å². The first-order valence-corrected chi connectivity index (χ1v) is 8.23. The molecule has 23 heavy (non-hydrogen) atoms. The Morgan fingerprint density at radius 2 is 1.83 bits per heavy atom. The molecule has 0 bridgehead atoms. The van der Waals surface area contributed by atoms with Crippen LogP contribution in [0.2, 0.25) is 0 Å². The lowest BCUT2D eigenvalue weighted by molar-refractivity contribution is -0.127. The maximum Gasteiger partial charge on any atom is 0.280 e. The molecule has 0 heterocycles. The Labute approximate surface area is 136 Å². The van der Waals surface area contributed by atoms with Crippen LogP contribution in [0.15, 0.2) is 47.6 Å². The molecule has 0 radical (unpaired) electrons. The van der Waals surface area contributed by atoms with E-state index in [-0.39, 0.29) is 5.91 Å². The molecule has 1 atom stereocenters. The number of nitrogens with one attached hydrogen (secondary N) is 1. The molecular weight excluding hydrogens is 288 g/mol. The number of rotatable bonds is 4. The summed E-state index contributed by atoms with van der Waals surface area (Å²) < 4.78 is 5.74. The quantitative estimate of drug-likeness (QED) is 0.866. The van der Waals surface area contributed by atoms with Crippen molar-refractivity contribution in [2.24, 2.45) is 5.10 Å². The van der Waals surface area contributed by atoms with E-state index < -0.39 is 6.10 Å². The van der Waals surface area contributed by atoms with Crippen LogP contribution in [0.5, 0.6) is 5.75 Å². The molecule has 1 fully saturated rings. The van der Waals surface area contributed by atoms with Gasteiger partial charge in [-0.15, -0.1) is 0 Å². The standard InChI is InChI=1S/C19H22N2O2/c1-14(19(22)21-20-17-9-3-2-4-10-17)23-18-12-11-15-7-5-6-8-16(15)13-18/h5-8,11-14H,2-4,9-10H2,1H3,(H,21,22)/t14-/m1/s1. The highest BCUT2D eigenvalue weighted by Gasteiger charge is 2.15. The Morgan fingerprint density at radius 3 is 2.61 bits per heavy atom. The Morgan fingerprint density at radius 1 is 1.09 bits per heavy atom. The number of ether oxygens (including phenoxy) is 1. The van der Waals surface area contributed by atoms with Crippen molar-refractivity contribution in [2.45, 2.75) is 45.1 Å². The molecule has 1 aliphatic rings. The molecule has 120 valence electrons. The maximum atomic E-state index is 12.1. The first-order chi connectivity index (χ1) is 11.2. The molecule has 2 aromatic rings. The van der Waals surface area contributed by atoms with Gasteiger partial charge >= 0.3 is 0 Å². The van der Waals surface area contributed by atoms with E-state index in [4.69, 9.17) is 4.74 Å². The highest BCUT2D eigenvalue weighted by atomic mass is 16.5. The zero-order chi connectivity index (χ0) is 16.1. The van der Waals surface area contributed by atoms with Crippen LogP contribution < -0.4 is 10.2 Å². The molecule has 0 aliphatic heterocycles. The monoisotopic (exact) mass is 310 g/mol. The maximum absolute atomic E-state index is 12.1. The van der Waals surface area contributed by atoms with Gasteiger partial charge in [-0.1, -0.05) is 36.8 Å². The van der Waals surface area contributed by atoms with Crippen molar-refractivity contribution in [3.8, 4) is 5.75 Å². The fourth-order valence-electron chi connectivity index (χ4n) is 2.80. The third kappa shape index (κ3) is 4.09. The van der Waals surface area contributed by atoms with Gasteiger partial charge in [0.2, 0.25) is 0 Å². The van der Waals surface area contributed by atoms with Crippen molar-refractivity contribution in [3.05, 3.63) is 42.5 Å². The number of hydrogen-bond acceptors (Lipinski definition) is 3. The van der Waals surface area contributed by atoms with E-state index in [1.165, 1.54) is 6.42 Å². The molecule has 0 aromatic heterocycles. The van der Waals surface area contributed by atoms with Crippen molar-refractivity contribution in [2.75, 3.05) is 0 Å². The summed E-state index contributed by atoms with van der Waals surface area (Å²) in [5.74, 6) is 0.480. The van der Waals surface area contributed by atoms with Crippen LogP contribution in [0, 0.1) is 0 Å². The molecule has 2 aromatic carbocycles. The normalized spacial score (nSPS) is 16.0. The van der Waals surface area contributed by atoms with Crippen LogP contribution in [-0.2, 0) is 4.79 Å². The number of nitrogens with zero attached hydrogens (tertiary/aromatic N) is 1. The summed E-state index contributed by atoms with van der Waals surface area (Å²) in [6, 6.07) is 13.9. The van der Waals surface area contributed by atoms with Gasteiger partial charge in [0.25, 0.3) is 5.91 Å². The first-order valence-electron chi connectivity index (χ1n) is 8.23. The third-order valence-electron chi connectivity index (χ3n) is 4.16. The molecular formula is C19H22N2O2. The van der Waals surface area contributed by atoms with E-state index >= 15 is 0 Å². The fourth-order valence-corrected chi connectivity index (χ4v) is 2.80. The molecule has 0 spiro atoms. The van der Waals surface area contributed by atoms with E-state index in [1.807, 2.05) is 36.4 Å². The van der Waals surface area contributed by atoms with Gasteiger partial charge < -0.3 is 4.74 Å². The molecule has 1 N–H and O–H groups in total. The van der Waals surface area contributed by atoms with Crippen LogP contribution in [0.25, 0.3) is 10.8 Å². The van der Waals surface area contributed by atoms with E-state index in [1.54, 1.807) is 6.92 Å². The van der Waals surface area contributed by atoms with E-state index in [2.05, 4.69) is 16.6 Å². The summed E-state index contributed by atoms with van der Waals surface area (Å²) in [6.07, 6.45) is 4.98. The van der Waals surface area contributed by atoms with Crippen LogP contribution in [-0.4, -0.2) is 17.7 Å². The minimum absolute atomic E-state index is 0.212. The van der Waals surface area contributed by atoms with Crippen LogP contribution in [0.3, 0.4) is 0 Å². The van der Waals surface area contributed by atoms with Gasteiger partial charge in [-0.3, -0.25) is 4.79 Å². The van der Waals surface area contributed by atoms with Crippen molar-refractivity contribution in [1.82, 2.24) is 5.43 Å². The number of hydrogen-bond donors (Lipinski definition) is 1. The van der Waals surface area contributed by atoms with E-state index in [9.17, 15) is 4.79 Å². The van der Waals surface area contributed by atoms with Gasteiger partial charge in [-0.2, -0.15) is 5.10 Å². The van der Waals surface area contributed by atoms with E-state index in [0.29, 0.717) is 5.75 Å². The van der Waals surface area contributed by atoms with Crippen LogP contribution in [0.4, 0.5) is 0 Å². The Hall–Kier alpha value is -2.36. The number of carbonyl (C=O) groups is 1. The second-order valence-electron chi connectivity index (χ2n) is 5.98. The smallest absolute Gasteiger partial charge is 0.280 e. The number of hydrazone groups is 1. The molecule has 1 amide bonds. The second-order valence-corrected chi connectivity index (χ2v) is 5.98. The van der Waals surface area contributed by atoms with Gasteiger partial charge in [0, 0.05) is 5.71 Å². The van der Waals surface area contributed by atoms with Gasteiger partial charge in [0.1, 0.15) is 5.75 Å². The van der Waals surface area contributed by atoms with Gasteiger partial charge in [0.15, 0.2) is 6.10 Å². The molecule has 4 nitrogen and oxygen atoms in total. The fraction of sp³-hybridized carbons (Fsp3) is 0.368. The van der Waals surface area contributed by atoms with Crippen molar-refractivity contribution in [3.63, 3.8) is 0 Å². The van der Waals surface area contributed by atoms with Crippen molar-refractivity contribution < 1.29 is 9.53 Å². The minimum Gasteiger partial charge on any atom is -0.481 e. The van der Waals surface area contributed by atoms with Gasteiger partial charge in [0.05, 0.1) is 0 Å². The summed E-state index contributed by atoms with van der Waals surface area (Å²) in [4.78, 5) is 12.1. The molecule has 3 rings (SSSR count). The van der Waals surface area contributed by atoms with E-state index in [0.717, 1.165) is 42.2 Å².